The van der Waals surface area contributed by atoms with E-state index in [1.807, 2.05) is 75.4 Å². The topological polar surface area (TPSA) is 98.2 Å². The van der Waals surface area contributed by atoms with Gasteiger partial charge in [0.2, 0.25) is 0 Å². The lowest BCUT2D eigenvalue weighted by molar-refractivity contribution is -0.132. The van der Waals surface area contributed by atoms with Crippen LogP contribution in [0.15, 0.2) is 84.4 Å². The van der Waals surface area contributed by atoms with Crippen LogP contribution in [-0.4, -0.2) is 35.0 Å². The highest BCUT2D eigenvalue weighted by atomic mass is 32.1. The molecule has 0 saturated carbocycles. The summed E-state index contributed by atoms with van der Waals surface area (Å²) in [5.74, 6) is -0.0766. The summed E-state index contributed by atoms with van der Waals surface area (Å²) < 4.78 is 18.7. The molecule has 8 nitrogen and oxygen atoms in total. The van der Waals surface area contributed by atoms with Crippen molar-refractivity contribution in [1.29, 1.82) is 0 Å². The first-order chi connectivity index (χ1) is 22.2. The van der Waals surface area contributed by atoms with Crippen molar-refractivity contribution >= 4 is 44.1 Å². The van der Waals surface area contributed by atoms with Gasteiger partial charge in [-0.3, -0.25) is 14.5 Å². The van der Waals surface area contributed by atoms with Gasteiger partial charge in [0.1, 0.15) is 24.2 Å². The predicted molar refractivity (Wildman–Crippen MR) is 178 cm³/mol. The van der Waals surface area contributed by atoms with Crippen LogP contribution in [0.5, 0.6) is 17.2 Å². The number of hydrogen-bond acceptors (Lipinski definition) is 8. The Morgan fingerprint density at radius 2 is 1.83 bits per heavy atom. The minimum Gasteiger partial charge on any atom is -0.507 e. The van der Waals surface area contributed by atoms with Crippen LogP contribution in [0.4, 0.5) is 5.13 Å². The number of nitrogens with zero attached hydrogens (tertiary/aromatic N) is 2. The second-order valence-corrected chi connectivity index (χ2v) is 12.7. The standard InChI is InChI=1S/C37H32N2O6S/c1-20-10-12-27-30(14-20)46-37(38-27)39-32(24-11-13-28(29(18-24)43-4)44-19-23-8-6-5-7-9-23)31(34(41)36(39)42)33(40)25-15-21(2)35-26(17-25)16-22(3)45-35/h5-15,17-18,22,32,40H,16,19H2,1-4H3/t22-,32+/m1/s1. The maximum atomic E-state index is 13.9. The molecule has 1 saturated heterocycles. The van der Waals surface area contributed by atoms with Crippen molar-refractivity contribution < 1.29 is 28.9 Å². The summed E-state index contributed by atoms with van der Waals surface area (Å²) in [4.78, 5) is 33.9. The largest absolute Gasteiger partial charge is 0.507 e. The Morgan fingerprint density at radius 3 is 2.61 bits per heavy atom. The summed E-state index contributed by atoms with van der Waals surface area (Å²) in [5, 5.41) is 12.2. The maximum absolute atomic E-state index is 13.9. The number of methoxy groups -OCH3 is 1. The number of anilines is 1. The van der Waals surface area contributed by atoms with Crippen LogP contribution in [-0.2, 0) is 22.6 Å². The lowest BCUT2D eigenvalue weighted by Gasteiger charge is -2.24. The third kappa shape index (κ3) is 5.16. The molecule has 46 heavy (non-hydrogen) atoms. The Morgan fingerprint density at radius 1 is 1.02 bits per heavy atom. The zero-order valence-corrected chi connectivity index (χ0v) is 26.7. The van der Waals surface area contributed by atoms with Crippen molar-refractivity contribution in [2.24, 2.45) is 0 Å². The zero-order chi connectivity index (χ0) is 32.1. The predicted octanol–water partition coefficient (Wildman–Crippen LogP) is 7.45. The van der Waals surface area contributed by atoms with Crippen LogP contribution in [0.2, 0.25) is 0 Å². The van der Waals surface area contributed by atoms with E-state index in [1.54, 1.807) is 24.3 Å². The van der Waals surface area contributed by atoms with Gasteiger partial charge in [-0.15, -0.1) is 0 Å². The number of benzene rings is 4. The maximum Gasteiger partial charge on any atom is 0.301 e. The fourth-order valence-corrected chi connectivity index (χ4v) is 7.28. The van der Waals surface area contributed by atoms with Crippen molar-refractivity contribution in [3.8, 4) is 17.2 Å². The van der Waals surface area contributed by atoms with E-state index in [1.165, 1.54) is 23.3 Å². The summed E-state index contributed by atoms with van der Waals surface area (Å²) in [5.41, 5.74) is 5.56. The van der Waals surface area contributed by atoms with E-state index in [0.29, 0.717) is 40.8 Å². The molecule has 0 unspecified atom stereocenters. The molecule has 5 aromatic rings. The summed E-state index contributed by atoms with van der Waals surface area (Å²) >= 11 is 1.33. The second kappa shape index (κ2) is 11.7. The van der Waals surface area contributed by atoms with Crippen molar-refractivity contribution in [3.05, 3.63) is 118 Å². The van der Waals surface area contributed by atoms with E-state index < -0.39 is 17.7 Å². The average molecular weight is 633 g/mol. The Labute approximate surface area is 270 Å². The van der Waals surface area contributed by atoms with Crippen molar-refractivity contribution in [2.75, 3.05) is 12.0 Å². The van der Waals surface area contributed by atoms with E-state index in [-0.39, 0.29) is 17.4 Å². The number of hydrogen-bond donors (Lipinski definition) is 1. The Bertz CT molecular complexity index is 2050. The lowest BCUT2D eigenvalue weighted by Crippen LogP contribution is -2.29. The summed E-state index contributed by atoms with van der Waals surface area (Å²) in [7, 11) is 1.54. The number of aryl methyl sites for hydroxylation is 2. The van der Waals surface area contributed by atoms with Crippen LogP contribution in [0.1, 0.15) is 46.3 Å². The van der Waals surface area contributed by atoms with E-state index in [9.17, 15) is 14.7 Å². The number of ether oxygens (including phenoxy) is 3. The van der Waals surface area contributed by atoms with Crippen LogP contribution >= 0.6 is 11.3 Å². The minimum atomic E-state index is -0.970. The molecule has 3 heterocycles. The number of fused-ring (bicyclic) bond motifs is 2. The molecule has 1 N–H and O–H groups in total. The average Bonchev–Trinajstić information content (AvgIpc) is 3.72. The van der Waals surface area contributed by atoms with Gasteiger partial charge in [0, 0.05) is 12.0 Å². The summed E-state index contributed by atoms with van der Waals surface area (Å²) in [6, 6.07) is 23.6. The molecule has 1 fully saturated rings. The fraction of sp³-hybridized carbons (Fsp3) is 0.216. The van der Waals surface area contributed by atoms with Gasteiger partial charge in [-0.2, -0.15) is 0 Å². The first-order valence-corrected chi connectivity index (χ1v) is 15.9. The highest BCUT2D eigenvalue weighted by Crippen LogP contribution is 2.46. The highest BCUT2D eigenvalue weighted by Gasteiger charge is 2.48. The molecular formula is C37H32N2O6S. The van der Waals surface area contributed by atoms with Crippen LogP contribution in [0.3, 0.4) is 0 Å². The van der Waals surface area contributed by atoms with Gasteiger partial charge >= 0.3 is 5.91 Å². The number of Topliss-reactive ketones (excluding diaryl/α,β-unsaturated/α-hetero) is 1. The first kappa shape index (κ1) is 29.6. The van der Waals surface area contributed by atoms with Gasteiger partial charge in [0.25, 0.3) is 5.78 Å². The number of aliphatic hydroxyl groups is 1. The quantitative estimate of drug-likeness (QED) is 0.113. The van der Waals surface area contributed by atoms with Crippen LogP contribution in [0, 0.1) is 13.8 Å². The number of amides is 1. The van der Waals surface area contributed by atoms with Crippen molar-refractivity contribution in [1.82, 2.24) is 4.98 Å². The molecule has 2 aliphatic heterocycles. The Kier molecular flexibility index (Phi) is 7.49. The molecule has 2 atom stereocenters. The molecule has 1 amide bonds. The van der Waals surface area contributed by atoms with E-state index in [4.69, 9.17) is 19.2 Å². The number of carbonyl (C=O) groups is 2. The number of thiazole rings is 1. The van der Waals surface area contributed by atoms with Crippen LogP contribution < -0.4 is 19.1 Å². The number of carbonyl (C=O) groups excluding carboxylic acids is 2. The molecule has 4 aromatic carbocycles. The molecule has 1 aromatic heterocycles. The van der Waals surface area contributed by atoms with E-state index in [2.05, 4.69) is 0 Å². The third-order valence-electron chi connectivity index (χ3n) is 8.38. The monoisotopic (exact) mass is 632 g/mol. The molecule has 0 radical (unpaired) electrons. The Balaban J connectivity index is 1.36. The smallest absolute Gasteiger partial charge is 0.301 e. The zero-order valence-electron chi connectivity index (χ0n) is 25.9. The highest BCUT2D eigenvalue weighted by molar-refractivity contribution is 7.22. The number of aliphatic hydroxyl groups excluding tert-OH is 1. The molecular weight excluding hydrogens is 600 g/mol. The fourth-order valence-electron chi connectivity index (χ4n) is 6.19. The van der Waals surface area contributed by atoms with Gasteiger partial charge in [-0.05, 0) is 85.0 Å². The molecule has 0 spiro atoms. The first-order valence-electron chi connectivity index (χ1n) is 15.0. The third-order valence-corrected chi connectivity index (χ3v) is 9.39. The van der Waals surface area contributed by atoms with Gasteiger partial charge in [-0.25, -0.2) is 4.98 Å². The molecule has 0 aliphatic carbocycles. The second-order valence-electron chi connectivity index (χ2n) is 11.7. The normalized spacial score (nSPS) is 18.6. The molecule has 2 aliphatic rings. The molecule has 9 heteroatoms. The number of aromatic nitrogens is 1. The molecule has 0 bridgehead atoms. The summed E-state index contributed by atoms with van der Waals surface area (Å²) in [6.45, 7) is 6.22. The molecule has 232 valence electrons. The van der Waals surface area contributed by atoms with Crippen LogP contribution in [0.25, 0.3) is 16.0 Å². The lowest BCUT2D eigenvalue weighted by atomic mass is 9.93. The van der Waals surface area contributed by atoms with Gasteiger partial charge in [0.15, 0.2) is 16.6 Å². The van der Waals surface area contributed by atoms with Gasteiger partial charge in [-0.1, -0.05) is 53.8 Å². The van der Waals surface area contributed by atoms with E-state index >= 15 is 0 Å². The number of rotatable bonds is 7. The summed E-state index contributed by atoms with van der Waals surface area (Å²) in [6.07, 6.45) is 0.691. The van der Waals surface area contributed by atoms with E-state index in [0.717, 1.165) is 38.2 Å². The minimum absolute atomic E-state index is 0.00874. The molecule has 7 rings (SSSR count). The van der Waals surface area contributed by atoms with Crippen molar-refractivity contribution in [3.63, 3.8) is 0 Å². The van der Waals surface area contributed by atoms with Gasteiger partial charge < -0.3 is 19.3 Å². The van der Waals surface area contributed by atoms with Crippen molar-refractivity contribution in [2.45, 2.75) is 45.9 Å². The van der Waals surface area contributed by atoms with Gasteiger partial charge in [0.05, 0.1) is 28.9 Å². The SMILES string of the molecule is COc1cc([C@H]2C(=C(O)c3cc(C)c4c(c3)C[C@@H](C)O4)C(=O)C(=O)N2c2nc3ccc(C)cc3s2)ccc1OCc1ccccc1. The number of ketones is 1. The Hall–Kier alpha value is -5.15.